The molecule has 0 atom stereocenters. The van der Waals surface area contributed by atoms with Gasteiger partial charge in [-0.15, -0.1) is 0 Å². The van der Waals surface area contributed by atoms with E-state index < -0.39 is 0 Å². The van der Waals surface area contributed by atoms with Gasteiger partial charge in [-0.1, -0.05) is 7.43 Å². The molecule has 0 saturated heterocycles. The summed E-state index contributed by atoms with van der Waals surface area (Å²) in [5.74, 6) is 0. The first-order chi connectivity index (χ1) is 1.41. The zero-order chi connectivity index (χ0) is 2.71. The summed E-state index contributed by atoms with van der Waals surface area (Å²) >= 11 is 0. The molecular weight excluding hydrogens is 52.0 g/mol. The Morgan fingerprint density at radius 3 is 1.75 bits per heavy atom. The molecule has 0 aliphatic heterocycles. The normalized spacial score (nSPS) is 3.00. The molecular formula is C2H8N2. The van der Waals surface area contributed by atoms with Crippen molar-refractivity contribution in [1.29, 1.82) is 5.41 Å². The molecule has 4 heavy (non-hydrogen) atoms. The van der Waals surface area contributed by atoms with E-state index in [1.54, 1.807) is 0 Å². The van der Waals surface area contributed by atoms with E-state index in [1.165, 1.54) is 0 Å². The quantitative estimate of drug-likeness (QED) is 0.304. The van der Waals surface area contributed by atoms with Crippen LogP contribution in [-0.4, -0.2) is 6.34 Å². The molecule has 26 valence electrons. The lowest BCUT2D eigenvalue weighted by Gasteiger charge is -1.38. The van der Waals surface area contributed by atoms with Crippen LogP contribution in [0.25, 0.3) is 0 Å². The van der Waals surface area contributed by atoms with Gasteiger partial charge in [-0.25, -0.2) is 0 Å². The van der Waals surface area contributed by atoms with Gasteiger partial charge in [0, 0.05) is 0 Å². The molecule has 0 saturated carbocycles. The van der Waals surface area contributed by atoms with Crippen LogP contribution in [0, 0.1) is 5.41 Å². The summed E-state index contributed by atoms with van der Waals surface area (Å²) in [5, 5.41) is 5.86. The third-order valence-electron chi connectivity index (χ3n) is 0. The third kappa shape index (κ3) is 1.16. The standard InChI is InChI=1S/CH4N2.CH4/c2-1-3;/h1H,(H3,2,3);1H4. The molecule has 0 aromatic carbocycles. The molecule has 2 heteroatoms. The highest BCUT2D eigenvalue weighted by Crippen LogP contribution is 0.879. The molecule has 0 aromatic heterocycles. The Balaban J connectivity index is 0. The van der Waals surface area contributed by atoms with E-state index >= 15 is 0 Å². The maximum Gasteiger partial charge on any atom is 0.0765 e. The molecule has 0 aliphatic rings. The van der Waals surface area contributed by atoms with Gasteiger partial charge in [0.1, 0.15) is 0 Å². The molecule has 0 fully saturated rings. The molecule has 3 N–H and O–H groups in total. The Morgan fingerprint density at radius 1 is 1.75 bits per heavy atom. The van der Waals surface area contributed by atoms with E-state index in [2.05, 4.69) is 5.73 Å². The van der Waals surface area contributed by atoms with Gasteiger partial charge >= 0.3 is 0 Å². The molecule has 0 heterocycles. The number of nitrogens with one attached hydrogen (secondary N) is 1. The van der Waals surface area contributed by atoms with Crippen LogP contribution in [0.3, 0.4) is 0 Å². The minimum absolute atomic E-state index is 0. The lowest BCUT2D eigenvalue weighted by Crippen LogP contribution is -1.81. The van der Waals surface area contributed by atoms with E-state index in [0.717, 1.165) is 6.34 Å². The summed E-state index contributed by atoms with van der Waals surface area (Å²) in [6, 6.07) is 0. The summed E-state index contributed by atoms with van der Waals surface area (Å²) in [4.78, 5) is 0. The lowest BCUT2D eigenvalue weighted by molar-refractivity contribution is 1.52. The minimum atomic E-state index is 0. The number of hydrogen-bond donors (Lipinski definition) is 2. The molecule has 0 rings (SSSR count). The Labute approximate surface area is 26.1 Å². The Kier molecular flexibility index (Phi) is 59.2. The summed E-state index contributed by atoms with van der Waals surface area (Å²) in [5.41, 5.74) is 4.39. The predicted octanol–water partition coefficient (Wildman–Crippen LogP) is 0.188. The first kappa shape index (κ1) is 9.80. The van der Waals surface area contributed by atoms with Crippen LogP contribution in [0.4, 0.5) is 0 Å². The Bertz CT molecular complexity index is 11.5. The fraction of sp³-hybridized carbons (Fsp3) is 0.500. The molecule has 0 unspecified atom stereocenters. The summed E-state index contributed by atoms with van der Waals surface area (Å²) in [6.07, 6.45) is 0.750. The second kappa shape index (κ2) is 24.2. The fourth-order valence-electron chi connectivity index (χ4n) is 0. The van der Waals surface area contributed by atoms with Gasteiger partial charge in [0.2, 0.25) is 0 Å². The van der Waals surface area contributed by atoms with E-state index in [4.69, 9.17) is 5.41 Å². The first-order valence-electron chi connectivity index (χ1n) is 0.622. The zero-order valence-corrected chi connectivity index (χ0v) is 1.65. The van der Waals surface area contributed by atoms with E-state index in [0.29, 0.717) is 0 Å². The average Bonchev–Trinajstić information content (AvgIpc) is 0.918. The first-order valence-corrected chi connectivity index (χ1v) is 0.622. The van der Waals surface area contributed by atoms with Crippen molar-refractivity contribution in [2.45, 2.75) is 7.43 Å². The molecule has 0 bridgehead atoms. The van der Waals surface area contributed by atoms with Crippen molar-refractivity contribution in [2.75, 3.05) is 0 Å². The topological polar surface area (TPSA) is 49.9 Å². The van der Waals surface area contributed by atoms with Gasteiger partial charge in [-0.05, 0) is 0 Å². The zero-order valence-electron chi connectivity index (χ0n) is 1.65. The van der Waals surface area contributed by atoms with Crippen molar-refractivity contribution in [3.63, 3.8) is 0 Å². The van der Waals surface area contributed by atoms with Gasteiger partial charge in [0.25, 0.3) is 0 Å². The van der Waals surface area contributed by atoms with Crippen LogP contribution in [0.2, 0.25) is 0 Å². The second-order valence-corrected chi connectivity index (χ2v) is 0.167. The average molecular weight is 60.1 g/mol. The summed E-state index contributed by atoms with van der Waals surface area (Å²) < 4.78 is 0. The lowest BCUT2D eigenvalue weighted by atomic mass is 11.4. The van der Waals surface area contributed by atoms with Gasteiger partial charge in [-0.2, -0.15) is 0 Å². The number of nitrogens with two attached hydrogens (primary N) is 1. The Hall–Kier alpha value is -0.530. The van der Waals surface area contributed by atoms with Gasteiger partial charge in [-0.3, -0.25) is 5.41 Å². The van der Waals surface area contributed by atoms with Gasteiger partial charge in [0.05, 0.1) is 6.34 Å². The van der Waals surface area contributed by atoms with Crippen molar-refractivity contribution in [1.82, 2.24) is 0 Å². The van der Waals surface area contributed by atoms with Crippen LogP contribution in [0.15, 0.2) is 0 Å². The van der Waals surface area contributed by atoms with Crippen LogP contribution < -0.4 is 5.73 Å². The molecule has 0 radical (unpaired) electrons. The fourth-order valence-corrected chi connectivity index (χ4v) is 0. The Morgan fingerprint density at radius 2 is 1.75 bits per heavy atom. The molecule has 2 nitrogen and oxygen atoms in total. The van der Waals surface area contributed by atoms with Crippen molar-refractivity contribution in [3.8, 4) is 0 Å². The highest BCUT2D eigenvalue weighted by Gasteiger charge is 1.10. The summed E-state index contributed by atoms with van der Waals surface area (Å²) in [6.45, 7) is 0. The van der Waals surface area contributed by atoms with Crippen molar-refractivity contribution >= 4 is 6.34 Å². The SMILES string of the molecule is C.N=CN. The predicted molar refractivity (Wildman–Crippen MR) is 19.7 cm³/mol. The highest BCUT2D eigenvalue weighted by molar-refractivity contribution is 5.46. The third-order valence-corrected chi connectivity index (χ3v) is 0. The van der Waals surface area contributed by atoms with Gasteiger partial charge < -0.3 is 5.73 Å². The van der Waals surface area contributed by atoms with Crippen molar-refractivity contribution < 1.29 is 0 Å². The van der Waals surface area contributed by atoms with Crippen LogP contribution in [0.1, 0.15) is 7.43 Å². The monoisotopic (exact) mass is 60.1 g/mol. The molecule has 0 aromatic rings. The number of hydrogen-bond acceptors (Lipinski definition) is 1. The van der Waals surface area contributed by atoms with Crippen molar-refractivity contribution in [3.05, 3.63) is 0 Å². The van der Waals surface area contributed by atoms with Crippen LogP contribution in [0.5, 0.6) is 0 Å². The maximum absolute atomic E-state index is 5.86. The molecule has 0 amide bonds. The minimum Gasteiger partial charge on any atom is -0.390 e. The highest BCUT2D eigenvalue weighted by atomic mass is 14.6. The molecule has 0 aliphatic carbocycles. The number of rotatable bonds is 0. The molecule has 0 spiro atoms. The van der Waals surface area contributed by atoms with E-state index in [1.807, 2.05) is 0 Å². The summed E-state index contributed by atoms with van der Waals surface area (Å²) in [7, 11) is 0. The van der Waals surface area contributed by atoms with E-state index in [-0.39, 0.29) is 7.43 Å². The van der Waals surface area contributed by atoms with Crippen LogP contribution in [-0.2, 0) is 0 Å². The second-order valence-electron chi connectivity index (χ2n) is 0.167. The largest absolute Gasteiger partial charge is 0.390 e. The van der Waals surface area contributed by atoms with Gasteiger partial charge in [0.15, 0.2) is 0 Å². The van der Waals surface area contributed by atoms with Crippen LogP contribution >= 0.6 is 0 Å². The van der Waals surface area contributed by atoms with E-state index in [9.17, 15) is 0 Å². The maximum atomic E-state index is 5.86. The smallest absolute Gasteiger partial charge is 0.0765 e. The van der Waals surface area contributed by atoms with Crippen molar-refractivity contribution in [2.24, 2.45) is 5.73 Å².